The standard InChI is InChI=1S/C23H22BrNO4S/c1-25(16-18-9-4-2-5-10-18)30(27,28)21-14-8-13-20(15-21)22(26)23(24)29-17-19-11-6-3-7-12-19/h2-15,23H,16-17H2,1H3. The van der Waals surface area contributed by atoms with Crippen molar-refractivity contribution in [2.24, 2.45) is 0 Å². The molecule has 156 valence electrons. The first-order valence-electron chi connectivity index (χ1n) is 9.32. The zero-order chi connectivity index (χ0) is 21.6. The van der Waals surface area contributed by atoms with Crippen LogP contribution in [0.15, 0.2) is 89.8 Å². The summed E-state index contributed by atoms with van der Waals surface area (Å²) in [6.45, 7) is 0.503. The molecule has 7 heteroatoms. The third-order valence-corrected chi connectivity index (χ3v) is 7.00. The Morgan fingerprint density at radius 2 is 1.53 bits per heavy atom. The summed E-state index contributed by atoms with van der Waals surface area (Å²) in [5, 5.41) is -0.877. The molecule has 0 aromatic heterocycles. The summed E-state index contributed by atoms with van der Waals surface area (Å²) < 4.78 is 32.8. The van der Waals surface area contributed by atoms with Crippen LogP contribution in [0.1, 0.15) is 21.5 Å². The summed E-state index contributed by atoms with van der Waals surface area (Å²) in [6, 6.07) is 24.9. The molecule has 0 amide bonds. The molecule has 0 saturated heterocycles. The Balaban J connectivity index is 1.71. The van der Waals surface area contributed by atoms with Gasteiger partial charge in [-0.2, -0.15) is 4.31 Å². The van der Waals surface area contributed by atoms with Crippen molar-refractivity contribution < 1.29 is 17.9 Å². The molecule has 0 fully saturated rings. The first-order chi connectivity index (χ1) is 14.4. The van der Waals surface area contributed by atoms with Crippen LogP contribution in [-0.2, 0) is 27.9 Å². The number of ketones is 1. The van der Waals surface area contributed by atoms with Crippen LogP contribution in [0.2, 0.25) is 0 Å². The SMILES string of the molecule is CN(Cc1ccccc1)S(=O)(=O)c1cccc(C(=O)C(Br)OCc2ccccc2)c1. The van der Waals surface area contributed by atoms with E-state index in [4.69, 9.17) is 4.74 Å². The summed E-state index contributed by atoms with van der Waals surface area (Å²) in [6.07, 6.45) is 0. The number of Topliss-reactive ketones (excluding diaryl/α,β-unsaturated/α-hetero) is 1. The van der Waals surface area contributed by atoms with E-state index in [1.165, 1.54) is 23.5 Å². The molecular weight excluding hydrogens is 466 g/mol. The summed E-state index contributed by atoms with van der Waals surface area (Å²) in [7, 11) is -2.23. The minimum Gasteiger partial charge on any atom is -0.354 e. The number of halogens is 1. The highest BCUT2D eigenvalue weighted by Crippen LogP contribution is 2.21. The largest absolute Gasteiger partial charge is 0.354 e. The predicted octanol–water partition coefficient (Wildman–Crippen LogP) is 4.63. The van der Waals surface area contributed by atoms with Gasteiger partial charge in [0.2, 0.25) is 15.8 Å². The van der Waals surface area contributed by atoms with Gasteiger partial charge in [-0.3, -0.25) is 4.79 Å². The molecule has 0 aliphatic heterocycles. The maximum Gasteiger partial charge on any atom is 0.243 e. The van der Waals surface area contributed by atoms with Crippen molar-refractivity contribution in [2.45, 2.75) is 23.1 Å². The number of hydrogen-bond donors (Lipinski definition) is 0. The topological polar surface area (TPSA) is 63.7 Å². The smallest absolute Gasteiger partial charge is 0.243 e. The van der Waals surface area contributed by atoms with Gasteiger partial charge in [-0.1, -0.05) is 72.8 Å². The van der Waals surface area contributed by atoms with Crippen LogP contribution < -0.4 is 0 Å². The molecule has 5 nitrogen and oxygen atoms in total. The molecule has 0 spiro atoms. The van der Waals surface area contributed by atoms with Gasteiger partial charge >= 0.3 is 0 Å². The van der Waals surface area contributed by atoms with E-state index >= 15 is 0 Å². The Bertz CT molecular complexity index is 1090. The van der Waals surface area contributed by atoms with Crippen molar-refractivity contribution in [2.75, 3.05) is 7.05 Å². The number of hydrogen-bond acceptors (Lipinski definition) is 4. The van der Waals surface area contributed by atoms with E-state index in [1.54, 1.807) is 12.1 Å². The number of benzene rings is 3. The Morgan fingerprint density at radius 3 is 2.17 bits per heavy atom. The van der Waals surface area contributed by atoms with E-state index in [1.807, 2.05) is 60.7 Å². The van der Waals surface area contributed by atoms with Crippen LogP contribution in [0.4, 0.5) is 0 Å². The lowest BCUT2D eigenvalue weighted by Gasteiger charge is -2.18. The summed E-state index contributed by atoms with van der Waals surface area (Å²) in [5.41, 5.74) is 2.08. The number of carbonyl (C=O) groups excluding carboxylic acids is 1. The van der Waals surface area contributed by atoms with Crippen LogP contribution in [0.5, 0.6) is 0 Å². The van der Waals surface area contributed by atoms with E-state index < -0.39 is 15.0 Å². The van der Waals surface area contributed by atoms with Crippen molar-refractivity contribution in [3.63, 3.8) is 0 Å². The van der Waals surface area contributed by atoms with Gasteiger partial charge in [-0.25, -0.2) is 8.42 Å². The van der Waals surface area contributed by atoms with E-state index in [9.17, 15) is 13.2 Å². The normalized spacial score (nSPS) is 12.6. The lowest BCUT2D eigenvalue weighted by Crippen LogP contribution is -2.27. The van der Waals surface area contributed by atoms with Crippen molar-refractivity contribution in [1.29, 1.82) is 0 Å². The third kappa shape index (κ3) is 5.64. The van der Waals surface area contributed by atoms with Gasteiger partial charge in [0.15, 0.2) is 5.01 Å². The molecule has 3 aromatic rings. The van der Waals surface area contributed by atoms with Gasteiger partial charge in [0.25, 0.3) is 0 Å². The Hall–Kier alpha value is -2.32. The summed E-state index contributed by atoms with van der Waals surface area (Å²) in [4.78, 5) is 12.8. The van der Waals surface area contributed by atoms with Crippen molar-refractivity contribution in [1.82, 2.24) is 4.31 Å². The zero-order valence-electron chi connectivity index (χ0n) is 16.4. The number of sulfonamides is 1. The minimum absolute atomic E-state index is 0.0644. The summed E-state index contributed by atoms with van der Waals surface area (Å²) >= 11 is 3.25. The highest BCUT2D eigenvalue weighted by atomic mass is 79.9. The molecule has 3 rings (SSSR count). The molecule has 0 saturated carbocycles. The number of carbonyl (C=O) groups is 1. The molecule has 1 unspecified atom stereocenters. The average Bonchev–Trinajstić information content (AvgIpc) is 2.78. The van der Waals surface area contributed by atoms with E-state index in [0.717, 1.165) is 11.1 Å². The van der Waals surface area contributed by atoms with E-state index in [0.29, 0.717) is 0 Å². The van der Waals surface area contributed by atoms with Gasteiger partial charge in [0.1, 0.15) is 0 Å². The van der Waals surface area contributed by atoms with E-state index in [-0.39, 0.29) is 29.4 Å². The molecular formula is C23H22BrNO4S. The first-order valence-corrected chi connectivity index (χ1v) is 11.7. The Morgan fingerprint density at radius 1 is 0.933 bits per heavy atom. The van der Waals surface area contributed by atoms with Crippen molar-refractivity contribution in [3.05, 3.63) is 102 Å². The lowest BCUT2D eigenvalue weighted by molar-refractivity contribution is 0.0652. The molecule has 0 heterocycles. The maximum atomic E-state index is 13.0. The molecule has 0 aliphatic rings. The minimum atomic E-state index is -3.75. The molecule has 1 atom stereocenters. The van der Waals surface area contributed by atoms with Gasteiger partial charge in [-0.05, 0) is 39.2 Å². The number of alkyl halides is 1. The quantitative estimate of drug-likeness (QED) is 0.326. The van der Waals surface area contributed by atoms with Crippen LogP contribution in [0.3, 0.4) is 0 Å². The second-order valence-electron chi connectivity index (χ2n) is 6.75. The van der Waals surface area contributed by atoms with Crippen molar-refractivity contribution >= 4 is 31.7 Å². The monoisotopic (exact) mass is 487 g/mol. The highest BCUT2D eigenvalue weighted by molar-refractivity contribution is 9.09. The molecule has 0 bridgehead atoms. The molecule has 0 N–H and O–H groups in total. The Labute approximate surface area is 185 Å². The van der Waals surface area contributed by atoms with Crippen LogP contribution >= 0.6 is 15.9 Å². The zero-order valence-corrected chi connectivity index (χ0v) is 18.8. The van der Waals surface area contributed by atoms with Crippen molar-refractivity contribution in [3.8, 4) is 0 Å². The van der Waals surface area contributed by atoms with Crippen LogP contribution in [0, 0.1) is 0 Å². The van der Waals surface area contributed by atoms with Gasteiger partial charge in [-0.15, -0.1) is 0 Å². The third-order valence-electron chi connectivity index (χ3n) is 4.52. The Kier molecular flexibility index (Phi) is 7.55. The molecule has 30 heavy (non-hydrogen) atoms. The fourth-order valence-corrected chi connectivity index (χ4v) is 4.47. The fraction of sp³-hybridized carbons (Fsp3) is 0.174. The molecule has 0 radical (unpaired) electrons. The molecule has 3 aromatic carbocycles. The fourth-order valence-electron chi connectivity index (χ4n) is 2.87. The van der Waals surface area contributed by atoms with Gasteiger partial charge < -0.3 is 4.74 Å². The summed E-state index contributed by atoms with van der Waals surface area (Å²) in [5.74, 6) is -0.339. The van der Waals surface area contributed by atoms with Gasteiger partial charge in [0, 0.05) is 19.2 Å². The second kappa shape index (κ2) is 10.1. The molecule has 0 aliphatic carbocycles. The lowest BCUT2D eigenvalue weighted by atomic mass is 10.1. The number of rotatable bonds is 9. The van der Waals surface area contributed by atoms with Crippen LogP contribution in [0.25, 0.3) is 0 Å². The first kappa shape index (κ1) is 22.4. The van der Waals surface area contributed by atoms with E-state index in [2.05, 4.69) is 15.9 Å². The number of nitrogens with zero attached hydrogens (tertiary/aromatic N) is 1. The maximum absolute atomic E-state index is 13.0. The van der Waals surface area contributed by atoms with Crippen LogP contribution in [-0.4, -0.2) is 30.6 Å². The highest BCUT2D eigenvalue weighted by Gasteiger charge is 2.24. The predicted molar refractivity (Wildman–Crippen MR) is 120 cm³/mol. The number of ether oxygens (including phenoxy) is 1. The van der Waals surface area contributed by atoms with Gasteiger partial charge in [0.05, 0.1) is 11.5 Å². The second-order valence-corrected chi connectivity index (χ2v) is 9.63. The average molecular weight is 488 g/mol.